The lowest BCUT2D eigenvalue weighted by atomic mass is 10.3. The number of aromatic nitrogens is 1. The molecule has 88 valence electrons. The van der Waals surface area contributed by atoms with E-state index < -0.39 is 0 Å². The summed E-state index contributed by atoms with van der Waals surface area (Å²) in [6.45, 7) is 0. The first-order valence-electron chi connectivity index (χ1n) is 5.29. The van der Waals surface area contributed by atoms with Crippen LogP contribution in [0.4, 0.5) is 10.2 Å². The van der Waals surface area contributed by atoms with Gasteiger partial charge in [-0.15, -0.1) is 11.8 Å². The molecule has 0 aliphatic heterocycles. The third-order valence-corrected chi connectivity index (χ3v) is 3.35. The number of hydrogen-bond acceptors (Lipinski definition) is 3. The summed E-state index contributed by atoms with van der Waals surface area (Å²) in [5.74, 6) is 1.45. The number of anilines is 1. The second-order valence-corrected chi connectivity index (χ2v) is 4.60. The Labute approximate surface area is 104 Å². The molecule has 2 nitrogen and oxygen atoms in total. The molecule has 0 spiro atoms. The monoisotopic (exact) mass is 248 g/mol. The second kappa shape index (κ2) is 5.68. The highest BCUT2D eigenvalue weighted by atomic mass is 32.2. The average molecular weight is 248 g/mol. The van der Waals surface area contributed by atoms with Gasteiger partial charge in [0.1, 0.15) is 11.6 Å². The predicted octanol–water partition coefficient (Wildman–Crippen LogP) is 3.55. The third-order valence-electron chi connectivity index (χ3n) is 2.28. The normalized spacial score (nSPS) is 10.2. The lowest BCUT2D eigenvalue weighted by molar-refractivity contribution is 0.624. The Morgan fingerprint density at radius 3 is 2.82 bits per heavy atom. The third kappa shape index (κ3) is 3.46. The minimum Gasteiger partial charge on any atom is -0.373 e. The Bertz CT molecular complexity index is 485. The zero-order valence-corrected chi connectivity index (χ0v) is 10.3. The largest absolute Gasteiger partial charge is 0.373 e. The Morgan fingerprint density at radius 1 is 1.29 bits per heavy atom. The van der Waals surface area contributed by atoms with Crippen LogP contribution in [0.3, 0.4) is 0 Å². The van der Waals surface area contributed by atoms with Crippen LogP contribution in [0.25, 0.3) is 0 Å². The Kier molecular flexibility index (Phi) is 3.98. The molecule has 1 aromatic carbocycles. The maximum atomic E-state index is 13.0. The van der Waals surface area contributed by atoms with Gasteiger partial charge in [-0.25, -0.2) is 9.37 Å². The Balaban J connectivity index is 1.97. The quantitative estimate of drug-likeness (QED) is 0.837. The first-order chi connectivity index (χ1) is 8.28. The molecule has 1 aromatic heterocycles. The van der Waals surface area contributed by atoms with Crippen LogP contribution in [0.5, 0.6) is 0 Å². The standard InChI is InChI=1S/C13H13FN2S/c1-15-13-6-5-10(8-16-13)9-17-12-4-2-3-11(14)7-12/h2-8H,9H2,1H3,(H,15,16). The molecule has 2 rings (SSSR count). The number of nitrogens with zero attached hydrogens (tertiary/aromatic N) is 1. The molecule has 17 heavy (non-hydrogen) atoms. The van der Waals surface area contributed by atoms with Gasteiger partial charge in [0, 0.05) is 23.9 Å². The van der Waals surface area contributed by atoms with Crippen molar-refractivity contribution in [1.82, 2.24) is 4.98 Å². The summed E-state index contributed by atoms with van der Waals surface area (Å²) in [6, 6.07) is 10.6. The molecule has 0 amide bonds. The molecule has 0 atom stereocenters. The van der Waals surface area contributed by atoms with E-state index in [9.17, 15) is 4.39 Å². The highest BCUT2D eigenvalue weighted by Crippen LogP contribution is 2.23. The lowest BCUT2D eigenvalue weighted by Crippen LogP contribution is -1.92. The molecule has 0 aliphatic carbocycles. The summed E-state index contributed by atoms with van der Waals surface area (Å²) in [5.41, 5.74) is 1.12. The molecule has 0 saturated carbocycles. The van der Waals surface area contributed by atoms with Crippen molar-refractivity contribution >= 4 is 17.6 Å². The van der Waals surface area contributed by atoms with Crippen LogP contribution >= 0.6 is 11.8 Å². The summed E-state index contributed by atoms with van der Waals surface area (Å²) in [4.78, 5) is 5.16. The van der Waals surface area contributed by atoms with Gasteiger partial charge in [0.15, 0.2) is 0 Å². The van der Waals surface area contributed by atoms with Crippen molar-refractivity contribution in [2.24, 2.45) is 0 Å². The van der Waals surface area contributed by atoms with Crippen LogP contribution in [-0.4, -0.2) is 12.0 Å². The SMILES string of the molecule is CNc1ccc(CSc2cccc(F)c2)cn1. The predicted molar refractivity (Wildman–Crippen MR) is 69.7 cm³/mol. The number of hydrogen-bond donors (Lipinski definition) is 1. The average Bonchev–Trinajstić information content (AvgIpc) is 2.37. The van der Waals surface area contributed by atoms with Crippen LogP contribution < -0.4 is 5.32 Å². The Morgan fingerprint density at radius 2 is 2.18 bits per heavy atom. The van der Waals surface area contributed by atoms with Gasteiger partial charge in [-0.1, -0.05) is 12.1 Å². The molecule has 4 heteroatoms. The van der Waals surface area contributed by atoms with E-state index in [4.69, 9.17) is 0 Å². The van der Waals surface area contributed by atoms with Gasteiger partial charge in [-0.2, -0.15) is 0 Å². The molecule has 0 radical (unpaired) electrons. The van der Waals surface area contributed by atoms with E-state index in [0.29, 0.717) is 0 Å². The summed E-state index contributed by atoms with van der Waals surface area (Å²) in [6.07, 6.45) is 1.83. The van der Waals surface area contributed by atoms with Crippen LogP contribution in [0.1, 0.15) is 5.56 Å². The second-order valence-electron chi connectivity index (χ2n) is 3.55. The van der Waals surface area contributed by atoms with E-state index in [-0.39, 0.29) is 5.82 Å². The summed E-state index contributed by atoms with van der Waals surface area (Å²) in [7, 11) is 1.84. The maximum absolute atomic E-state index is 13.0. The Hall–Kier alpha value is -1.55. The van der Waals surface area contributed by atoms with Gasteiger partial charge in [0.05, 0.1) is 0 Å². The van der Waals surface area contributed by atoms with E-state index in [0.717, 1.165) is 22.0 Å². The molecule has 1 heterocycles. The number of pyridine rings is 1. The zero-order chi connectivity index (χ0) is 12.1. The molecule has 0 bridgehead atoms. The van der Waals surface area contributed by atoms with Gasteiger partial charge < -0.3 is 5.32 Å². The van der Waals surface area contributed by atoms with Crippen molar-refractivity contribution in [1.29, 1.82) is 0 Å². The van der Waals surface area contributed by atoms with Crippen LogP contribution in [0, 0.1) is 5.82 Å². The van der Waals surface area contributed by atoms with Gasteiger partial charge in [0.25, 0.3) is 0 Å². The van der Waals surface area contributed by atoms with E-state index in [1.807, 2.05) is 31.4 Å². The van der Waals surface area contributed by atoms with Gasteiger partial charge >= 0.3 is 0 Å². The molecule has 0 unspecified atom stereocenters. The first-order valence-corrected chi connectivity index (χ1v) is 6.27. The smallest absolute Gasteiger partial charge is 0.125 e. The number of halogens is 1. The zero-order valence-electron chi connectivity index (χ0n) is 9.48. The summed E-state index contributed by atoms with van der Waals surface area (Å²) in [5, 5.41) is 2.97. The topological polar surface area (TPSA) is 24.9 Å². The fourth-order valence-electron chi connectivity index (χ4n) is 1.38. The number of nitrogens with one attached hydrogen (secondary N) is 1. The maximum Gasteiger partial charge on any atom is 0.125 e. The van der Waals surface area contributed by atoms with E-state index in [1.54, 1.807) is 23.9 Å². The molecule has 0 fully saturated rings. The van der Waals surface area contributed by atoms with Crippen LogP contribution in [0.2, 0.25) is 0 Å². The molecule has 1 N–H and O–H groups in total. The molecular formula is C13H13FN2S. The van der Waals surface area contributed by atoms with Gasteiger partial charge in [0.2, 0.25) is 0 Å². The van der Waals surface area contributed by atoms with Gasteiger partial charge in [-0.05, 0) is 29.8 Å². The highest BCUT2D eigenvalue weighted by molar-refractivity contribution is 7.98. The van der Waals surface area contributed by atoms with Crippen molar-refractivity contribution in [3.05, 3.63) is 54.0 Å². The van der Waals surface area contributed by atoms with Crippen molar-refractivity contribution in [3.8, 4) is 0 Å². The van der Waals surface area contributed by atoms with E-state index in [1.165, 1.54) is 6.07 Å². The van der Waals surface area contributed by atoms with Crippen molar-refractivity contribution in [3.63, 3.8) is 0 Å². The van der Waals surface area contributed by atoms with Crippen LogP contribution in [0.15, 0.2) is 47.5 Å². The summed E-state index contributed by atoms with van der Waals surface area (Å²) >= 11 is 1.60. The van der Waals surface area contributed by atoms with Crippen molar-refractivity contribution < 1.29 is 4.39 Å². The fourth-order valence-corrected chi connectivity index (χ4v) is 2.26. The number of thioether (sulfide) groups is 1. The van der Waals surface area contributed by atoms with Gasteiger partial charge in [-0.3, -0.25) is 0 Å². The molecule has 0 aliphatic rings. The van der Waals surface area contributed by atoms with Crippen molar-refractivity contribution in [2.75, 3.05) is 12.4 Å². The molecule has 0 saturated heterocycles. The first kappa shape index (κ1) is 11.9. The number of benzene rings is 1. The van der Waals surface area contributed by atoms with Crippen molar-refractivity contribution in [2.45, 2.75) is 10.6 Å². The minimum atomic E-state index is -0.196. The fraction of sp³-hybridized carbons (Fsp3) is 0.154. The van der Waals surface area contributed by atoms with E-state index in [2.05, 4.69) is 10.3 Å². The minimum absolute atomic E-state index is 0.196. The van der Waals surface area contributed by atoms with Crippen LogP contribution in [-0.2, 0) is 5.75 Å². The van der Waals surface area contributed by atoms with E-state index >= 15 is 0 Å². The summed E-state index contributed by atoms with van der Waals surface area (Å²) < 4.78 is 13.0. The number of rotatable bonds is 4. The molecular weight excluding hydrogens is 235 g/mol. The lowest BCUT2D eigenvalue weighted by Gasteiger charge is -2.03. The highest BCUT2D eigenvalue weighted by Gasteiger charge is 1.98. The molecule has 2 aromatic rings.